The maximum absolute atomic E-state index is 12.1. The SMILES string of the molecule is CCNC(=NCc1ccc(S(=O)(=O)N(C)C)s1)NCC1(C)CCCS1.I. The van der Waals surface area contributed by atoms with E-state index >= 15 is 0 Å². The van der Waals surface area contributed by atoms with E-state index in [0.29, 0.717) is 10.8 Å². The molecule has 6 nitrogen and oxygen atoms in total. The van der Waals surface area contributed by atoms with Crippen molar-refractivity contribution in [1.82, 2.24) is 14.9 Å². The number of guanidine groups is 1. The Morgan fingerprint density at radius 2 is 2.08 bits per heavy atom. The third-order valence-corrected chi connectivity index (χ3v) is 8.93. The van der Waals surface area contributed by atoms with E-state index in [0.717, 1.165) is 23.9 Å². The highest BCUT2D eigenvalue weighted by atomic mass is 127. The van der Waals surface area contributed by atoms with Crippen molar-refractivity contribution in [3.8, 4) is 0 Å². The molecule has 10 heteroatoms. The molecule has 1 aliphatic heterocycles. The summed E-state index contributed by atoms with van der Waals surface area (Å²) in [5.41, 5.74) is 0. The van der Waals surface area contributed by atoms with Gasteiger partial charge < -0.3 is 10.6 Å². The molecule has 0 aliphatic carbocycles. The molecule has 1 saturated heterocycles. The third kappa shape index (κ3) is 6.54. The van der Waals surface area contributed by atoms with Gasteiger partial charge >= 0.3 is 0 Å². The van der Waals surface area contributed by atoms with Crippen LogP contribution in [0, 0.1) is 0 Å². The van der Waals surface area contributed by atoms with Crippen molar-refractivity contribution in [3.05, 3.63) is 17.0 Å². The fourth-order valence-corrected chi connectivity index (χ4v) is 6.20. The van der Waals surface area contributed by atoms with E-state index in [1.807, 2.05) is 24.8 Å². The Balaban J connectivity index is 0.00000338. The van der Waals surface area contributed by atoms with Crippen LogP contribution in [0.15, 0.2) is 21.3 Å². The molecule has 0 bridgehead atoms. The van der Waals surface area contributed by atoms with E-state index in [1.54, 1.807) is 20.2 Å². The molecule has 1 atom stereocenters. The second kappa shape index (κ2) is 10.5. The van der Waals surface area contributed by atoms with Gasteiger partial charge in [0, 0.05) is 36.8 Å². The van der Waals surface area contributed by atoms with Crippen LogP contribution in [0.2, 0.25) is 0 Å². The predicted octanol–water partition coefficient (Wildman–Crippen LogP) is 2.96. The molecule has 0 radical (unpaired) electrons. The van der Waals surface area contributed by atoms with Crippen molar-refractivity contribution in [3.63, 3.8) is 0 Å². The molecule has 1 aromatic heterocycles. The van der Waals surface area contributed by atoms with E-state index in [9.17, 15) is 8.42 Å². The number of rotatable bonds is 7. The quantitative estimate of drug-likeness (QED) is 0.321. The lowest BCUT2D eigenvalue weighted by Crippen LogP contribution is -2.43. The number of thiophene rings is 1. The Hall–Kier alpha value is -0.0400. The summed E-state index contributed by atoms with van der Waals surface area (Å²) < 4.78 is 26.1. The van der Waals surface area contributed by atoms with Gasteiger partial charge in [0.25, 0.3) is 10.0 Å². The molecular weight excluding hydrogens is 503 g/mol. The minimum atomic E-state index is -3.36. The molecule has 2 heterocycles. The number of halogens is 1. The molecule has 1 unspecified atom stereocenters. The summed E-state index contributed by atoms with van der Waals surface area (Å²) in [6.45, 7) is 6.47. The minimum absolute atomic E-state index is 0. The number of nitrogens with zero attached hydrogens (tertiary/aromatic N) is 2. The Kier molecular flexibility index (Phi) is 9.68. The average molecular weight is 533 g/mol. The number of hydrogen-bond acceptors (Lipinski definition) is 5. The molecule has 0 saturated carbocycles. The smallest absolute Gasteiger partial charge is 0.252 e. The second-order valence-electron chi connectivity index (χ2n) is 6.46. The molecule has 0 spiro atoms. The minimum Gasteiger partial charge on any atom is -0.357 e. The van der Waals surface area contributed by atoms with Gasteiger partial charge in [0.05, 0.1) is 6.54 Å². The Morgan fingerprint density at radius 3 is 2.65 bits per heavy atom. The first-order valence-electron chi connectivity index (χ1n) is 8.44. The standard InChI is InChI=1S/C16H28N4O2S3.HI/c1-5-17-15(19-12-16(2)9-6-10-23-16)18-11-13-7-8-14(24-13)25(21,22)20(3)4;/h7-8H,5-6,9-12H2,1-4H3,(H2,17,18,19);1H. The fraction of sp³-hybridized carbons (Fsp3) is 0.688. The highest BCUT2D eigenvalue weighted by Gasteiger charge is 2.29. The number of thioether (sulfide) groups is 1. The van der Waals surface area contributed by atoms with Crippen LogP contribution in [0.4, 0.5) is 0 Å². The maximum atomic E-state index is 12.1. The van der Waals surface area contributed by atoms with Gasteiger partial charge in [-0.25, -0.2) is 17.7 Å². The molecule has 26 heavy (non-hydrogen) atoms. The first kappa shape index (κ1) is 24.0. The largest absolute Gasteiger partial charge is 0.357 e. The zero-order chi connectivity index (χ0) is 18.5. The predicted molar refractivity (Wildman–Crippen MR) is 124 cm³/mol. The highest BCUT2D eigenvalue weighted by Crippen LogP contribution is 2.36. The summed E-state index contributed by atoms with van der Waals surface area (Å²) in [4.78, 5) is 5.53. The molecule has 1 fully saturated rings. The van der Waals surface area contributed by atoms with Crippen molar-refractivity contribution in [2.45, 2.75) is 42.2 Å². The first-order valence-corrected chi connectivity index (χ1v) is 11.7. The molecule has 0 amide bonds. The van der Waals surface area contributed by atoms with Gasteiger partial charge in [-0.05, 0) is 44.6 Å². The summed E-state index contributed by atoms with van der Waals surface area (Å²) in [6.07, 6.45) is 2.50. The lowest BCUT2D eigenvalue weighted by molar-refractivity contribution is 0.523. The van der Waals surface area contributed by atoms with Crippen LogP contribution in [0.5, 0.6) is 0 Å². The van der Waals surface area contributed by atoms with E-state index in [-0.39, 0.29) is 28.7 Å². The average Bonchev–Trinajstić information content (AvgIpc) is 3.20. The summed E-state index contributed by atoms with van der Waals surface area (Å²) in [5, 5.41) is 6.68. The fourth-order valence-electron chi connectivity index (χ4n) is 2.51. The van der Waals surface area contributed by atoms with Crippen molar-refractivity contribution >= 4 is 63.1 Å². The monoisotopic (exact) mass is 532 g/mol. The molecule has 2 rings (SSSR count). The lowest BCUT2D eigenvalue weighted by atomic mass is 10.1. The summed E-state index contributed by atoms with van der Waals surface area (Å²) in [6, 6.07) is 3.49. The van der Waals surface area contributed by atoms with Crippen LogP contribution in [0.25, 0.3) is 0 Å². The first-order chi connectivity index (χ1) is 11.8. The highest BCUT2D eigenvalue weighted by molar-refractivity contribution is 14.0. The van der Waals surface area contributed by atoms with Crippen LogP contribution in [-0.2, 0) is 16.6 Å². The van der Waals surface area contributed by atoms with E-state index < -0.39 is 10.0 Å². The van der Waals surface area contributed by atoms with Crippen molar-refractivity contribution in [2.24, 2.45) is 4.99 Å². The van der Waals surface area contributed by atoms with Gasteiger partial charge in [0.2, 0.25) is 0 Å². The van der Waals surface area contributed by atoms with Gasteiger partial charge in [-0.2, -0.15) is 11.8 Å². The van der Waals surface area contributed by atoms with Gasteiger partial charge in [0.1, 0.15) is 4.21 Å². The summed E-state index contributed by atoms with van der Waals surface area (Å²) in [5.74, 6) is 2.01. The van der Waals surface area contributed by atoms with Gasteiger partial charge in [-0.15, -0.1) is 35.3 Å². The van der Waals surface area contributed by atoms with Gasteiger partial charge in [-0.3, -0.25) is 0 Å². The Bertz CT molecular complexity index is 698. The Labute approximate surface area is 182 Å². The maximum Gasteiger partial charge on any atom is 0.252 e. The number of aliphatic imine (C=N–C) groups is 1. The normalized spacial score (nSPS) is 20.9. The van der Waals surface area contributed by atoms with Crippen molar-refractivity contribution in [2.75, 3.05) is 32.9 Å². The van der Waals surface area contributed by atoms with Crippen LogP contribution in [-0.4, -0.2) is 56.4 Å². The van der Waals surface area contributed by atoms with Crippen molar-refractivity contribution < 1.29 is 8.42 Å². The zero-order valence-corrected chi connectivity index (χ0v) is 20.5. The Morgan fingerprint density at radius 1 is 1.35 bits per heavy atom. The topological polar surface area (TPSA) is 73.8 Å². The van der Waals surface area contributed by atoms with Gasteiger partial charge in [-0.1, -0.05) is 0 Å². The molecular formula is C16H29IN4O2S3. The van der Waals surface area contributed by atoms with Crippen LogP contribution >= 0.6 is 47.1 Å². The number of nitrogens with one attached hydrogen (secondary N) is 2. The lowest BCUT2D eigenvalue weighted by Gasteiger charge is -2.24. The van der Waals surface area contributed by atoms with Gasteiger partial charge in [0.15, 0.2) is 5.96 Å². The summed E-state index contributed by atoms with van der Waals surface area (Å²) >= 11 is 3.29. The molecule has 2 N–H and O–H groups in total. The van der Waals surface area contributed by atoms with E-state index in [4.69, 9.17) is 0 Å². The summed E-state index contributed by atoms with van der Waals surface area (Å²) in [7, 11) is -0.278. The number of hydrogen-bond donors (Lipinski definition) is 2. The van der Waals surface area contributed by atoms with E-state index in [2.05, 4.69) is 22.5 Å². The molecule has 1 aliphatic rings. The van der Waals surface area contributed by atoms with Crippen molar-refractivity contribution in [1.29, 1.82) is 0 Å². The van der Waals surface area contributed by atoms with Crippen LogP contribution in [0.3, 0.4) is 0 Å². The number of sulfonamides is 1. The van der Waals surface area contributed by atoms with Crippen LogP contribution < -0.4 is 10.6 Å². The zero-order valence-electron chi connectivity index (χ0n) is 15.7. The van der Waals surface area contributed by atoms with E-state index in [1.165, 1.54) is 34.2 Å². The second-order valence-corrected chi connectivity index (χ2v) is 11.7. The molecule has 1 aromatic rings. The molecule has 150 valence electrons. The third-order valence-electron chi connectivity index (χ3n) is 4.04. The molecule has 0 aromatic carbocycles. The van der Waals surface area contributed by atoms with Crippen LogP contribution in [0.1, 0.15) is 31.6 Å².